The van der Waals surface area contributed by atoms with Gasteiger partial charge in [-0.05, 0) is 12.0 Å². The highest BCUT2D eigenvalue weighted by Crippen LogP contribution is 2.06. The molecule has 0 spiro atoms. The molecule has 104 valence electrons. The third-order valence-corrected chi connectivity index (χ3v) is 3.23. The van der Waals surface area contributed by atoms with Crippen molar-refractivity contribution in [2.45, 2.75) is 12.5 Å². The molecule has 1 aromatic rings. The van der Waals surface area contributed by atoms with Crippen LogP contribution in [0, 0.1) is 0 Å². The third-order valence-electron chi connectivity index (χ3n) is 3.23. The van der Waals surface area contributed by atoms with Crippen molar-refractivity contribution in [2.75, 3.05) is 32.9 Å². The van der Waals surface area contributed by atoms with Gasteiger partial charge in [0.2, 0.25) is 0 Å². The summed E-state index contributed by atoms with van der Waals surface area (Å²) in [6, 6.07) is 9.67. The highest BCUT2D eigenvalue weighted by atomic mass is 16.5. The monoisotopic (exact) mass is 264 g/mol. The van der Waals surface area contributed by atoms with Gasteiger partial charge in [0.1, 0.15) is 0 Å². The second-order valence-electron chi connectivity index (χ2n) is 4.57. The molecule has 19 heavy (non-hydrogen) atoms. The molecule has 1 saturated heterocycles. The molecule has 1 heterocycles. The molecule has 1 aromatic carbocycles. The molecule has 1 aliphatic rings. The molecule has 2 amide bonds. The maximum absolute atomic E-state index is 12.0. The molecule has 0 aliphatic carbocycles. The van der Waals surface area contributed by atoms with Gasteiger partial charge >= 0.3 is 6.03 Å². The Morgan fingerprint density at radius 1 is 1.42 bits per heavy atom. The molecule has 2 rings (SSSR count). The van der Waals surface area contributed by atoms with Crippen molar-refractivity contribution in [3.05, 3.63) is 35.9 Å². The lowest BCUT2D eigenvalue weighted by molar-refractivity contribution is -0.00754. The van der Waals surface area contributed by atoms with Gasteiger partial charge in [-0.2, -0.15) is 0 Å². The lowest BCUT2D eigenvalue weighted by Crippen LogP contribution is -2.54. The van der Waals surface area contributed by atoms with Crippen molar-refractivity contribution in [1.29, 1.82) is 0 Å². The van der Waals surface area contributed by atoms with Gasteiger partial charge in [0.15, 0.2) is 0 Å². The molecule has 0 saturated carbocycles. The number of hydrogen-bond acceptors (Lipinski definition) is 3. The van der Waals surface area contributed by atoms with E-state index in [4.69, 9.17) is 4.74 Å². The van der Waals surface area contributed by atoms with Gasteiger partial charge in [0, 0.05) is 13.1 Å². The Balaban J connectivity index is 1.77. The lowest BCUT2D eigenvalue weighted by atomic mass is 10.1. The fraction of sp³-hybridized carbons (Fsp3) is 0.500. The molecule has 1 aliphatic heterocycles. The summed E-state index contributed by atoms with van der Waals surface area (Å²) in [7, 11) is 0. The Labute approximate surface area is 113 Å². The predicted molar refractivity (Wildman–Crippen MR) is 71.9 cm³/mol. The van der Waals surface area contributed by atoms with Crippen LogP contribution in [0.15, 0.2) is 30.3 Å². The molecule has 2 N–H and O–H groups in total. The Bertz CT molecular complexity index is 397. The van der Waals surface area contributed by atoms with E-state index in [1.807, 2.05) is 30.3 Å². The minimum absolute atomic E-state index is 0.0634. The van der Waals surface area contributed by atoms with Crippen LogP contribution in [0.2, 0.25) is 0 Å². The highest BCUT2D eigenvalue weighted by Gasteiger charge is 2.26. The number of carbonyl (C=O) groups is 1. The maximum Gasteiger partial charge on any atom is 0.317 e. The number of urea groups is 1. The quantitative estimate of drug-likeness (QED) is 0.838. The van der Waals surface area contributed by atoms with Crippen LogP contribution in [0.25, 0.3) is 0 Å². The van der Waals surface area contributed by atoms with E-state index in [-0.39, 0.29) is 18.7 Å². The summed E-state index contributed by atoms with van der Waals surface area (Å²) in [5, 5.41) is 12.1. The van der Waals surface area contributed by atoms with E-state index in [2.05, 4.69) is 5.32 Å². The van der Waals surface area contributed by atoms with E-state index in [1.165, 1.54) is 5.56 Å². The molecule has 1 unspecified atom stereocenters. The first-order valence-corrected chi connectivity index (χ1v) is 6.58. The van der Waals surface area contributed by atoms with E-state index in [0.29, 0.717) is 26.3 Å². The summed E-state index contributed by atoms with van der Waals surface area (Å²) in [5.74, 6) is 0. The second kappa shape index (κ2) is 7.11. The summed E-state index contributed by atoms with van der Waals surface area (Å²) in [6.45, 7) is 2.00. The van der Waals surface area contributed by atoms with Crippen LogP contribution in [0.3, 0.4) is 0 Å². The zero-order chi connectivity index (χ0) is 13.5. The van der Waals surface area contributed by atoms with Crippen molar-refractivity contribution >= 4 is 6.03 Å². The van der Waals surface area contributed by atoms with E-state index >= 15 is 0 Å². The average Bonchev–Trinajstić information content (AvgIpc) is 2.48. The van der Waals surface area contributed by atoms with Crippen molar-refractivity contribution < 1.29 is 14.6 Å². The van der Waals surface area contributed by atoms with E-state index in [0.717, 1.165) is 6.42 Å². The van der Waals surface area contributed by atoms with Crippen LogP contribution in [0.4, 0.5) is 4.79 Å². The van der Waals surface area contributed by atoms with Crippen LogP contribution in [-0.4, -0.2) is 55.0 Å². The summed E-state index contributed by atoms with van der Waals surface area (Å²) in [5.41, 5.74) is 1.20. The van der Waals surface area contributed by atoms with Crippen LogP contribution < -0.4 is 5.32 Å². The summed E-state index contributed by atoms with van der Waals surface area (Å²) in [6.07, 6.45) is 0.806. The number of ether oxygens (including phenoxy) is 1. The fourth-order valence-electron chi connectivity index (χ4n) is 2.13. The molecule has 0 aromatic heterocycles. The number of hydrogen-bond donors (Lipinski definition) is 2. The molecular weight excluding hydrogens is 244 g/mol. The molecule has 5 heteroatoms. The van der Waals surface area contributed by atoms with Gasteiger partial charge in [0.25, 0.3) is 0 Å². The van der Waals surface area contributed by atoms with Gasteiger partial charge in [-0.1, -0.05) is 30.3 Å². The van der Waals surface area contributed by atoms with Gasteiger partial charge in [0.05, 0.1) is 25.9 Å². The number of nitrogens with one attached hydrogen (secondary N) is 1. The standard InChI is InChI=1S/C14H20N2O3/c17-10-13-11-19-9-8-16(13)14(18)15-7-6-12-4-2-1-3-5-12/h1-5,13,17H,6-11H2,(H,15,18). The van der Waals surface area contributed by atoms with Gasteiger partial charge < -0.3 is 20.1 Å². The average molecular weight is 264 g/mol. The normalized spacial score (nSPS) is 19.2. The van der Waals surface area contributed by atoms with Crippen molar-refractivity contribution in [3.8, 4) is 0 Å². The molecule has 1 fully saturated rings. The van der Waals surface area contributed by atoms with Crippen LogP contribution in [0.5, 0.6) is 0 Å². The zero-order valence-corrected chi connectivity index (χ0v) is 10.9. The lowest BCUT2D eigenvalue weighted by Gasteiger charge is -2.34. The molecule has 0 radical (unpaired) electrons. The fourth-order valence-corrected chi connectivity index (χ4v) is 2.13. The number of carbonyl (C=O) groups excluding carboxylic acids is 1. The maximum atomic E-state index is 12.0. The summed E-state index contributed by atoms with van der Waals surface area (Å²) < 4.78 is 5.25. The minimum atomic E-state index is -0.231. The van der Waals surface area contributed by atoms with Gasteiger partial charge in [-0.15, -0.1) is 0 Å². The van der Waals surface area contributed by atoms with E-state index in [9.17, 15) is 9.90 Å². The van der Waals surface area contributed by atoms with Crippen LogP contribution in [-0.2, 0) is 11.2 Å². The van der Waals surface area contributed by atoms with Crippen LogP contribution >= 0.6 is 0 Å². The Hall–Kier alpha value is -1.59. The molecule has 1 atom stereocenters. The second-order valence-corrected chi connectivity index (χ2v) is 4.57. The topological polar surface area (TPSA) is 61.8 Å². The van der Waals surface area contributed by atoms with Crippen molar-refractivity contribution in [3.63, 3.8) is 0 Å². The smallest absolute Gasteiger partial charge is 0.317 e. The third kappa shape index (κ3) is 3.94. The molecular formula is C14H20N2O3. The molecule has 5 nitrogen and oxygen atoms in total. The first-order valence-electron chi connectivity index (χ1n) is 6.58. The van der Waals surface area contributed by atoms with Crippen LogP contribution in [0.1, 0.15) is 5.56 Å². The Morgan fingerprint density at radius 2 is 2.21 bits per heavy atom. The number of aliphatic hydroxyl groups excluding tert-OH is 1. The SMILES string of the molecule is O=C(NCCc1ccccc1)N1CCOCC1CO. The first-order chi connectivity index (χ1) is 9.31. The van der Waals surface area contributed by atoms with Crippen molar-refractivity contribution in [1.82, 2.24) is 10.2 Å². The number of rotatable bonds is 4. The zero-order valence-electron chi connectivity index (χ0n) is 10.9. The number of nitrogens with zero attached hydrogens (tertiary/aromatic N) is 1. The van der Waals surface area contributed by atoms with Gasteiger partial charge in [-0.25, -0.2) is 4.79 Å². The van der Waals surface area contributed by atoms with Crippen molar-refractivity contribution in [2.24, 2.45) is 0 Å². The number of amides is 2. The summed E-state index contributed by atoms with van der Waals surface area (Å²) in [4.78, 5) is 13.7. The first kappa shape index (κ1) is 13.8. The number of benzene rings is 1. The van der Waals surface area contributed by atoms with Gasteiger partial charge in [-0.3, -0.25) is 0 Å². The summed E-state index contributed by atoms with van der Waals surface area (Å²) >= 11 is 0. The molecule has 0 bridgehead atoms. The largest absolute Gasteiger partial charge is 0.394 e. The minimum Gasteiger partial charge on any atom is -0.394 e. The highest BCUT2D eigenvalue weighted by molar-refractivity contribution is 5.74. The predicted octanol–water partition coefficient (Wildman–Crippen LogP) is 0.632. The van der Waals surface area contributed by atoms with E-state index in [1.54, 1.807) is 4.90 Å². The Morgan fingerprint density at radius 3 is 2.95 bits per heavy atom. The Kier molecular flexibility index (Phi) is 5.18. The van der Waals surface area contributed by atoms with E-state index < -0.39 is 0 Å². The number of aliphatic hydroxyl groups is 1. The number of morpholine rings is 1.